The highest BCUT2D eigenvalue weighted by molar-refractivity contribution is 6.16. The van der Waals surface area contributed by atoms with Crippen molar-refractivity contribution in [2.75, 3.05) is 4.90 Å². The lowest BCUT2D eigenvalue weighted by Gasteiger charge is -2.27. The van der Waals surface area contributed by atoms with E-state index in [0.717, 1.165) is 49.7 Å². The van der Waals surface area contributed by atoms with Crippen LogP contribution in [0.5, 0.6) is 0 Å². The largest absolute Gasteiger partial charge is 0.310 e. The number of rotatable bonds is 5. The molecule has 0 unspecified atom stereocenters. The number of fused-ring (bicyclic) bond motifs is 4. The molecule has 7 aromatic rings. The van der Waals surface area contributed by atoms with E-state index in [9.17, 15) is 10.5 Å². The Morgan fingerprint density at radius 2 is 1.09 bits per heavy atom. The fraction of sp³-hybridized carbons (Fsp3) is 0.0244. The first-order valence-electron chi connectivity index (χ1n) is 14.6. The van der Waals surface area contributed by atoms with Crippen LogP contribution in [0.4, 0.5) is 17.1 Å². The molecule has 0 amide bonds. The molecule has 0 aliphatic heterocycles. The van der Waals surface area contributed by atoms with Gasteiger partial charge in [0, 0.05) is 27.5 Å². The van der Waals surface area contributed by atoms with Gasteiger partial charge in [0.25, 0.3) is 0 Å². The van der Waals surface area contributed by atoms with E-state index >= 15 is 0 Å². The highest BCUT2D eigenvalue weighted by atomic mass is 15.1. The Labute approximate surface area is 256 Å². The molecule has 0 spiro atoms. The number of aryl methyl sites for hydroxylation is 1. The van der Waals surface area contributed by atoms with E-state index in [-0.39, 0.29) is 0 Å². The van der Waals surface area contributed by atoms with Gasteiger partial charge in [-0.25, -0.2) is 0 Å². The van der Waals surface area contributed by atoms with Gasteiger partial charge in [-0.1, -0.05) is 121 Å². The van der Waals surface area contributed by atoms with Gasteiger partial charge in [-0.3, -0.25) is 0 Å². The fourth-order valence-electron chi connectivity index (χ4n) is 6.08. The highest BCUT2D eigenvalue weighted by Gasteiger charge is 2.17. The van der Waals surface area contributed by atoms with Gasteiger partial charge in [-0.15, -0.1) is 0 Å². The molecule has 7 rings (SSSR count). The van der Waals surface area contributed by atoms with E-state index in [1.165, 1.54) is 16.3 Å². The van der Waals surface area contributed by atoms with E-state index in [4.69, 9.17) is 0 Å². The summed E-state index contributed by atoms with van der Waals surface area (Å²) in [5.41, 5.74) is 7.43. The van der Waals surface area contributed by atoms with Crippen LogP contribution >= 0.6 is 0 Å². The number of nitrogens with zero attached hydrogens (tertiary/aromatic N) is 3. The maximum atomic E-state index is 9.99. The summed E-state index contributed by atoms with van der Waals surface area (Å²) in [5.74, 6) is 0. The number of anilines is 3. The summed E-state index contributed by atoms with van der Waals surface area (Å²) in [5, 5.41) is 25.8. The summed E-state index contributed by atoms with van der Waals surface area (Å²) in [6.07, 6.45) is 4.20. The third-order valence-electron chi connectivity index (χ3n) is 8.21. The van der Waals surface area contributed by atoms with Crippen LogP contribution in [0.3, 0.4) is 0 Å². The predicted octanol–water partition coefficient (Wildman–Crippen LogP) is 10.8. The Morgan fingerprint density at radius 1 is 0.523 bits per heavy atom. The molecule has 44 heavy (non-hydrogen) atoms. The molecule has 0 saturated heterocycles. The van der Waals surface area contributed by atoms with Crippen molar-refractivity contribution in [3.05, 3.63) is 161 Å². The zero-order chi connectivity index (χ0) is 30.0. The van der Waals surface area contributed by atoms with E-state index in [0.29, 0.717) is 11.1 Å². The maximum absolute atomic E-state index is 9.99. The van der Waals surface area contributed by atoms with Crippen LogP contribution in [0, 0.1) is 29.6 Å². The molecule has 0 heterocycles. The number of benzene rings is 7. The SMILES string of the molecule is Cc1ccc(N(c2ccc(C=Cc3cccc4c(C#N)c(C#N)c5ccccc5c34)cc2)c2cccc3ccccc23)cc1. The first-order chi connectivity index (χ1) is 21.7. The lowest BCUT2D eigenvalue weighted by molar-refractivity contribution is 1.29. The second kappa shape index (κ2) is 11.3. The maximum Gasteiger partial charge on any atom is 0.101 e. The van der Waals surface area contributed by atoms with Crippen LogP contribution in [0.25, 0.3) is 44.5 Å². The molecule has 0 N–H and O–H groups in total. The second-order valence-corrected chi connectivity index (χ2v) is 10.9. The van der Waals surface area contributed by atoms with Gasteiger partial charge in [0.05, 0.1) is 16.8 Å². The quantitative estimate of drug-likeness (QED) is 0.155. The molecule has 0 radical (unpaired) electrons. The lowest BCUT2D eigenvalue weighted by Crippen LogP contribution is -2.10. The van der Waals surface area contributed by atoms with Gasteiger partial charge >= 0.3 is 0 Å². The Kier molecular flexibility index (Phi) is 6.84. The van der Waals surface area contributed by atoms with E-state index < -0.39 is 0 Å². The minimum absolute atomic E-state index is 0.422. The first kappa shape index (κ1) is 26.7. The van der Waals surface area contributed by atoms with Crippen molar-refractivity contribution >= 4 is 61.5 Å². The molecule has 0 fully saturated rings. The van der Waals surface area contributed by atoms with E-state index in [2.05, 4.69) is 133 Å². The van der Waals surface area contributed by atoms with Crippen molar-refractivity contribution < 1.29 is 0 Å². The van der Waals surface area contributed by atoms with Crippen LogP contribution in [-0.4, -0.2) is 0 Å². The molecule has 0 aliphatic rings. The van der Waals surface area contributed by atoms with Crippen molar-refractivity contribution in [1.82, 2.24) is 0 Å². The Bertz CT molecular complexity index is 2290. The molecule has 0 aliphatic carbocycles. The van der Waals surface area contributed by atoms with Crippen LogP contribution < -0.4 is 4.90 Å². The van der Waals surface area contributed by atoms with Crippen molar-refractivity contribution in [2.24, 2.45) is 0 Å². The van der Waals surface area contributed by atoms with Crippen LogP contribution in [0.15, 0.2) is 133 Å². The molecule has 206 valence electrons. The summed E-state index contributed by atoms with van der Waals surface area (Å²) in [4.78, 5) is 2.31. The third-order valence-corrected chi connectivity index (χ3v) is 8.21. The van der Waals surface area contributed by atoms with Crippen LogP contribution in [0.1, 0.15) is 27.8 Å². The first-order valence-corrected chi connectivity index (χ1v) is 14.6. The normalized spacial score (nSPS) is 11.2. The second-order valence-electron chi connectivity index (χ2n) is 10.9. The van der Waals surface area contributed by atoms with E-state index in [1.54, 1.807) is 0 Å². The summed E-state index contributed by atoms with van der Waals surface area (Å²) < 4.78 is 0. The van der Waals surface area contributed by atoms with Crippen molar-refractivity contribution in [3.8, 4) is 12.1 Å². The lowest BCUT2D eigenvalue weighted by atomic mass is 9.90. The monoisotopic (exact) mass is 561 g/mol. The number of hydrogen-bond donors (Lipinski definition) is 0. The molecular weight excluding hydrogens is 534 g/mol. The van der Waals surface area contributed by atoms with Crippen LogP contribution in [-0.2, 0) is 0 Å². The predicted molar refractivity (Wildman–Crippen MR) is 183 cm³/mol. The minimum Gasteiger partial charge on any atom is -0.310 e. The van der Waals surface area contributed by atoms with Gasteiger partial charge in [0.2, 0.25) is 0 Å². The van der Waals surface area contributed by atoms with Crippen molar-refractivity contribution in [2.45, 2.75) is 6.92 Å². The minimum atomic E-state index is 0.422. The van der Waals surface area contributed by atoms with Crippen molar-refractivity contribution in [1.29, 1.82) is 10.5 Å². The van der Waals surface area contributed by atoms with Gasteiger partial charge in [0.1, 0.15) is 12.1 Å². The molecular formula is C41H27N3. The molecule has 7 aromatic carbocycles. The zero-order valence-electron chi connectivity index (χ0n) is 24.2. The summed E-state index contributed by atoms with van der Waals surface area (Å²) >= 11 is 0. The Hall–Kier alpha value is -6.16. The van der Waals surface area contributed by atoms with Gasteiger partial charge in [-0.05, 0) is 64.5 Å². The van der Waals surface area contributed by atoms with E-state index in [1.807, 2.05) is 36.4 Å². The fourth-order valence-corrected chi connectivity index (χ4v) is 6.08. The van der Waals surface area contributed by atoms with Crippen molar-refractivity contribution in [3.63, 3.8) is 0 Å². The Balaban J connectivity index is 1.31. The number of hydrogen-bond acceptors (Lipinski definition) is 3. The average Bonchev–Trinajstić information content (AvgIpc) is 3.08. The standard InChI is InChI=1S/C41H27N3/c1-28-16-22-32(23-17-28)44(40-15-7-9-30-8-2-3-11-34(30)40)33-24-19-29(20-25-33)18-21-31-10-6-14-37-39(27-43)38(26-42)35-12-4-5-13-36(35)41(31)37/h2-25H,1H3. The zero-order valence-corrected chi connectivity index (χ0v) is 24.2. The van der Waals surface area contributed by atoms with Gasteiger partial charge in [-0.2, -0.15) is 10.5 Å². The summed E-state index contributed by atoms with van der Waals surface area (Å²) in [6, 6.07) is 50.5. The molecule has 0 atom stereocenters. The van der Waals surface area contributed by atoms with Gasteiger partial charge < -0.3 is 4.90 Å². The average molecular weight is 562 g/mol. The Morgan fingerprint density at radius 3 is 1.82 bits per heavy atom. The molecule has 3 heteroatoms. The smallest absolute Gasteiger partial charge is 0.101 e. The molecule has 3 nitrogen and oxygen atoms in total. The third kappa shape index (κ3) is 4.64. The molecule has 0 bridgehead atoms. The highest BCUT2D eigenvalue weighted by Crippen LogP contribution is 2.39. The summed E-state index contributed by atoms with van der Waals surface area (Å²) in [6.45, 7) is 2.11. The van der Waals surface area contributed by atoms with Crippen LogP contribution in [0.2, 0.25) is 0 Å². The van der Waals surface area contributed by atoms with Gasteiger partial charge in [0.15, 0.2) is 0 Å². The topological polar surface area (TPSA) is 50.8 Å². The molecule has 0 saturated carbocycles. The molecule has 0 aromatic heterocycles. The number of nitriles is 2. The summed E-state index contributed by atoms with van der Waals surface area (Å²) in [7, 11) is 0.